The van der Waals surface area contributed by atoms with Crippen molar-refractivity contribution in [3.8, 4) is 0 Å². The molecule has 102 valence electrons. The second-order valence-electron chi connectivity index (χ2n) is 4.83. The van der Waals surface area contributed by atoms with Gasteiger partial charge in [-0.2, -0.15) is 0 Å². The molecule has 0 spiro atoms. The summed E-state index contributed by atoms with van der Waals surface area (Å²) < 4.78 is 0. The van der Waals surface area contributed by atoms with Crippen molar-refractivity contribution in [3.05, 3.63) is 36.0 Å². The molecule has 0 bridgehead atoms. The van der Waals surface area contributed by atoms with Gasteiger partial charge < -0.3 is 16.0 Å². The molecule has 1 aromatic carbocycles. The lowest BCUT2D eigenvalue weighted by atomic mass is 10.1. The smallest absolute Gasteiger partial charge is 0.251 e. The third-order valence-corrected chi connectivity index (χ3v) is 3.34. The zero-order valence-electron chi connectivity index (χ0n) is 11.3. The van der Waals surface area contributed by atoms with E-state index in [9.17, 15) is 4.79 Å². The van der Waals surface area contributed by atoms with Crippen molar-refractivity contribution in [2.24, 2.45) is 5.73 Å². The average molecular weight is 259 g/mol. The van der Waals surface area contributed by atoms with Gasteiger partial charge in [-0.05, 0) is 30.7 Å². The highest BCUT2D eigenvalue weighted by atomic mass is 16.1. The molecule has 0 saturated carbocycles. The van der Waals surface area contributed by atoms with Crippen molar-refractivity contribution in [2.75, 3.05) is 6.54 Å². The Labute approximate surface area is 113 Å². The van der Waals surface area contributed by atoms with Crippen LogP contribution in [0.5, 0.6) is 0 Å². The number of carbonyl (C=O) groups is 1. The zero-order chi connectivity index (χ0) is 13.7. The number of nitrogens with two attached hydrogens (primary N) is 1. The van der Waals surface area contributed by atoms with Gasteiger partial charge >= 0.3 is 0 Å². The largest absolute Gasteiger partial charge is 0.361 e. The van der Waals surface area contributed by atoms with Gasteiger partial charge in [0.25, 0.3) is 5.91 Å². The monoisotopic (exact) mass is 259 g/mol. The van der Waals surface area contributed by atoms with Crippen molar-refractivity contribution in [2.45, 2.75) is 32.2 Å². The van der Waals surface area contributed by atoms with Crippen LogP contribution in [0.3, 0.4) is 0 Å². The van der Waals surface area contributed by atoms with Gasteiger partial charge in [-0.3, -0.25) is 4.79 Å². The molecule has 0 radical (unpaired) electrons. The maximum Gasteiger partial charge on any atom is 0.251 e. The molecule has 1 amide bonds. The molecule has 1 aromatic heterocycles. The molecule has 0 saturated heterocycles. The highest BCUT2D eigenvalue weighted by Gasteiger charge is 2.12. The Morgan fingerprint density at radius 1 is 1.42 bits per heavy atom. The third kappa shape index (κ3) is 3.35. The number of amides is 1. The Morgan fingerprint density at radius 2 is 2.26 bits per heavy atom. The van der Waals surface area contributed by atoms with Crippen LogP contribution in [0.2, 0.25) is 0 Å². The third-order valence-electron chi connectivity index (χ3n) is 3.34. The van der Waals surface area contributed by atoms with E-state index in [0.29, 0.717) is 12.1 Å². The summed E-state index contributed by atoms with van der Waals surface area (Å²) in [6.07, 6.45) is 5.00. The summed E-state index contributed by atoms with van der Waals surface area (Å²) in [5, 5.41) is 4.05. The van der Waals surface area contributed by atoms with Crippen LogP contribution in [0.25, 0.3) is 10.9 Å². The van der Waals surface area contributed by atoms with Gasteiger partial charge in [-0.15, -0.1) is 0 Å². The molecule has 0 aliphatic heterocycles. The number of fused-ring (bicyclic) bond motifs is 1. The van der Waals surface area contributed by atoms with E-state index in [1.54, 1.807) is 0 Å². The minimum absolute atomic E-state index is 0.0466. The molecule has 19 heavy (non-hydrogen) atoms. The van der Waals surface area contributed by atoms with E-state index >= 15 is 0 Å². The van der Waals surface area contributed by atoms with Gasteiger partial charge in [0.1, 0.15) is 0 Å². The molecular weight excluding hydrogens is 238 g/mol. The Hall–Kier alpha value is -1.81. The molecule has 0 aliphatic carbocycles. The number of aromatic nitrogens is 1. The number of benzene rings is 1. The van der Waals surface area contributed by atoms with Crippen LogP contribution in [-0.2, 0) is 0 Å². The molecule has 1 heterocycles. The topological polar surface area (TPSA) is 70.9 Å². The molecule has 4 N–H and O–H groups in total. The normalized spacial score (nSPS) is 12.5. The molecule has 1 unspecified atom stereocenters. The number of nitrogens with one attached hydrogen (secondary N) is 2. The molecule has 1 atom stereocenters. The lowest BCUT2D eigenvalue weighted by molar-refractivity contribution is 0.0936. The van der Waals surface area contributed by atoms with Crippen LogP contribution in [0, 0.1) is 0 Å². The van der Waals surface area contributed by atoms with Crippen LogP contribution >= 0.6 is 0 Å². The summed E-state index contributed by atoms with van der Waals surface area (Å²) in [4.78, 5) is 15.3. The quantitative estimate of drug-likeness (QED) is 0.745. The molecule has 0 fully saturated rings. The van der Waals surface area contributed by atoms with Crippen molar-refractivity contribution in [1.29, 1.82) is 0 Å². The van der Waals surface area contributed by atoms with Crippen molar-refractivity contribution < 1.29 is 4.79 Å². The lowest BCUT2D eigenvalue weighted by Crippen LogP contribution is -2.40. The van der Waals surface area contributed by atoms with E-state index in [1.165, 1.54) is 0 Å². The molecule has 2 rings (SSSR count). The van der Waals surface area contributed by atoms with Gasteiger partial charge in [0.15, 0.2) is 0 Å². The molecule has 0 aliphatic rings. The van der Waals surface area contributed by atoms with E-state index in [1.807, 2.05) is 30.5 Å². The Kier molecular flexibility index (Phi) is 4.58. The highest BCUT2D eigenvalue weighted by molar-refractivity contribution is 5.98. The first-order valence-corrected chi connectivity index (χ1v) is 6.82. The van der Waals surface area contributed by atoms with Gasteiger partial charge in [0.2, 0.25) is 0 Å². The lowest BCUT2D eigenvalue weighted by Gasteiger charge is -2.16. The summed E-state index contributed by atoms with van der Waals surface area (Å²) in [5.74, 6) is -0.0466. The fourth-order valence-corrected chi connectivity index (χ4v) is 2.16. The number of aromatic amines is 1. The number of carbonyl (C=O) groups excluding carboxylic acids is 1. The number of hydrogen-bond acceptors (Lipinski definition) is 2. The van der Waals surface area contributed by atoms with Crippen LogP contribution in [0.1, 0.15) is 36.5 Å². The minimum Gasteiger partial charge on any atom is -0.361 e. The number of rotatable bonds is 6. The highest BCUT2D eigenvalue weighted by Crippen LogP contribution is 2.14. The van der Waals surface area contributed by atoms with Crippen molar-refractivity contribution in [1.82, 2.24) is 10.3 Å². The van der Waals surface area contributed by atoms with E-state index in [-0.39, 0.29) is 11.9 Å². The zero-order valence-corrected chi connectivity index (χ0v) is 11.3. The first-order valence-electron chi connectivity index (χ1n) is 6.82. The van der Waals surface area contributed by atoms with E-state index in [0.717, 1.165) is 30.2 Å². The second-order valence-corrected chi connectivity index (χ2v) is 4.83. The predicted octanol–water partition coefficient (Wildman–Crippen LogP) is 2.42. The summed E-state index contributed by atoms with van der Waals surface area (Å²) in [6, 6.07) is 7.68. The summed E-state index contributed by atoms with van der Waals surface area (Å²) in [6.45, 7) is 2.62. The fourth-order valence-electron chi connectivity index (χ4n) is 2.16. The summed E-state index contributed by atoms with van der Waals surface area (Å²) >= 11 is 0. The first kappa shape index (κ1) is 13.6. The fraction of sp³-hybridized carbons (Fsp3) is 0.400. The number of H-pyrrole nitrogens is 1. The van der Waals surface area contributed by atoms with Crippen molar-refractivity contribution >= 4 is 16.8 Å². The van der Waals surface area contributed by atoms with E-state index < -0.39 is 0 Å². The van der Waals surface area contributed by atoms with Gasteiger partial charge in [-0.1, -0.05) is 19.8 Å². The second kappa shape index (κ2) is 6.38. The Bertz CT molecular complexity index is 547. The number of hydrogen-bond donors (Lipinski definition) is 3. The van der Waals surface area contributed by atoms with Gasteiger partial charge in [-0.25, -0.2) is 0 Å². The Balaban J connectivity index is 2.05. The van der Waals surface area contributed by atoms with Crippen molar-refractivity contribution in [3.63, 3.8) is 0 Å². The van der Waals surface area contributed by atoms with Gasteiger partial charge in [0.05, 0.1) is 0 Å². The SMILES string of the molecule is CCCCC(CN)NC(=O)c1ccc2[nH]ccc2c1. The Morgan fingerprint density at radius 3 is 3.00 bits per heavy atom. The first-order chi connectivity index (χ1) is 9.24. The van der Waals surface area contributed by atoms with Crippen LogP contribution in [-0.4, -0.2) is 23.5 Å². The maximum absolute atomic E-state index is 12.2. The predicted molar refractivity (Wildman–Crippen MR) is 78.1 cm³/mol. The van der Waals surface area contributed by atoms with Crippen LogP contribution in [0.15, 0.2) is 30.5 Å². The molecule has 4 nitrogen and oxygen atoms in total. The summed E-state index contributed by atoms with van der Waals surface area (Å²) in [5.41, 5.74) is 7.42. The van der Waals surface area contributed by atoms with Gasteiger partial charge in [0, 0.05) is 35.2 Å². The minimum atomic E-state index is -0.0466. The standard InChI is InChI=1S/C15H21N3O/c1-2-3-4-13(10-16)18-15(19)12-5-6-14-11(9-12)7-8-17-14/h5-9,13,17H,2-4,10,16H2,1H3,(H,18,19). The number of unbranched alkanes of at least 4 members (excludes halogenated alkanes) is 1. The van der Waals surface area contributed by atoms with Crippen LogP contribution in [0.4, 0.5) is 0 Å². The van der Waals surface area contributed by atoms with E-state index in [4.69, 9.17) is 5.73 Å². The molecular formula is C15H21N3O. The van der Waals surface area contributed by atoms with Crippen LogP contribution < -0.4 is 11.1 Å². The average Bonchev–Trinajstić information content (AvgIpc) is 2.90. The van der Waals surface area contributed by atoms with E-state index in [2.05, 4.69) is 17.2 Å². The molecule has 2 aromatic rings. The summed E-state index contributed by atoms with van der Waals surface area (Å²) in [7, 11) is 0. The maximum atomic E-state index is 12.2. The molecule has 4 heteroatoms.